The lowest BCUT2D eigenvalue weighted by Crippen LogP contribution is -2.33. The number of nitrogens with zero attached hydrogens (tertiary/aromatic N) is 1. The molecular weight excluding hydrogens is 214 g/mol. The number of aliphatic hydroxyl groups is 1. The molecule has 1 aromatic carbocycles. The molecule has 3 N–H and O–H groups in total. The molecule has 0 spiro atoms. The molecule has 1 atom stereocenters. The van der Waals surface area contributed by atoms with Crippen LogP contribution in [0.5, 0.6) is 0 Å². The maximum atomic E-state index is 10.0. The van der Waals surface area contributed by atoms with Gasteiger partial charge < -0.3 is 15.4 Å². The highest BCUT2D eigenvalue weighted by molar-refractivity contribution is 5.77. The molecule has 0 aliphatic rings. The Labute approximate surface area is 101 Å². The largest absolute Gasteiger partial charge is 0.388 e. The Hall–Kier alpha value is -1.55. The number of para-hydroxylation sites is 2. The van der Waals surface area contributed by atoms with Crippen LogP contribution in [0.25, 0.3) is 11.0 Å². The van der Waals surface area contributed by atoms with Crippen molar-refractivity contribution in [3.05, 3.63) is 24.3 Å². The van der Waals surface area contributed by atoms with Gasteiger partial charge in [0.2, 0.25) is 5.95 Å². The Morgan fingerprint density at radius 1 is 1.41 bits per heavy atom. The van der Waals surface area contributed by atoms with E-state index in [2.05, 4.69) is 22.2 Å². The number of imidazole rings is 1. The smallest absolute Gasteiger partial charge is 0.201 e. The highest BCUT2D eigenvalue weighted by atomic mass is 16.3. The van der Waals surface area contributed by atoms with Crippen LogP contribution in [0.2, 0.25) is 0 Å². The van der Waals surface area contributed by atoms with Crippen LogP contribution in [0, 0.1) is 0 Å². The van der Waals surface area contributed by atoms with Crippen LogP contribution in [0.15, 0.2) is 24.3 Å². The van der Waals surface area contributed by atoms with Crippen molar-refractivity contribution in [3.63, 3.8) is 0 Å². The average molecular weight is 233 g/mol. The molecule has 0 aliphatic carbocycles. The summed E-state index contributed by atoms with van der Waals surface area (Å²) in [7, 11) is 0. The second-order valence-electron chi connectivity index (χ2n) is 4.70. The molecule has 0 fully saturated rings. The van der Waals surface area contributed by atoms with E-state index in [4.69, 9.17) is 0 Å². The van der Waals surface area contributed by atoms with E-state index in [1.54, 1.807) is 0 Å². The van der Waals surface area contributed by atoms with Crippen molar-refractivity contribution >= 4 is 17.0 Å². The first-order valence-electron chi connectivity index (χ1n) is 6.02. The molecule has 17 heavy (non-hydrogen) atoms. The molecule has 0 bridgehead atoms. The number of anilines is 1. The molecule has 0 saturated carbocycles. The lowest BCUT2D eigenvalue weighted by molar-refractivity contribution is 0.0635. The standard InChI is InChI=1S/C13H19N3O/c1-3-8-13(2,17)9-14-12-15-10-6-4-5-7-11(10)16-12/h4-7,17H,3,8-9H2,1-2H3,(H2,14,15,16). The molecule has 2 rings (SSSR count). The summed E-state index contributed by atoms with van der Waals surface area (Å²) in [4.78, 5) is 7.58. The van der Waals surface area contributed by atoms with E-state index in [9.17, 15) is 5.11 Å². The summed E-state index contributed by atoms with van der Waals surface area (Å²) >= 11 is 0. The number of H-pyrrole nitrogens is 1. The fourth-order valence-corrected chi connectivity index (χ4v) is 1.94. The fourth-order valence-electron chi connectivity index (χ4n) is 1.94. The number of fused-ring (bicyclic) bond motifs is 1. The number of benzene rings is 1. The van der Waals surface area contributed by atoms with Crippen LogP contribution < -0.4 is 5.32 Å². The maximum Gasteiger partial charge on any atom is 0.201 e. The van der Waals surface area contributed by atoms with Gasteiger partial charge in [-0.3, -0.25) is 0 Å². The summed E-state index contributed by atoms with van der Waals surface area (Å²) < 4.78 is 0. The van der Waals surface area contributed by atoms with E-state index in [0.717, 1.165) is 23.9 Å². The maximum absolute atomic E-state index is 10.0. The Bertz CT molecular complexity index is 457. The molecule has 2 aromatic rings. The fraction of sp³-hybridized carbons (Fsp3) is 0.462. The molecule has 0 amide bonds. The van der Waals surface area contributed by atoms with Gasteiger partial charge in [0, 0.05) is 6.54 Å². The van der Waals surface area contributed by atoms with E-state index in [-0.39, 0.29) is 0 Å². The van der Waals surface area contributed by atoms with E-state index in [1.807, 2.05) is 31.2 Å². The molecule has 0 radical (unpaired) electrons. The molecule has 0 aliphatic heterocycles. The van der Waals surface area contributed by atoms with Crippen molar-refractivity contribution in [2.45, 2.75) is 32.3 Å². The molecule has 0 saturated heterocycles. The lowest BCUT2D eigenvalue weighted by Gasteiger charge is -2.22. The summed E-state index contributed by atoms with van der Waals surface area (Å²) in [5.74, 6) is 0.711. The summed E-state index contributed by atoms with van der Waals surface area (Å²) in [6.45, 7) is 4.41. The molecular formula is C13H19N3O. The van der Waals surface area contributed by atoms with Gasteiger partial charge in [-0.15, -0.1) is 0 Å². The van der Waals surface area contributed by atoms with Crippen molar-refractivity contribution in [1.29, 1.82) is 0 Å². The minimum absolute atomic E-state index is 0.501. The van der Waals surface area contributed by atoms with Gasteiger partial charge in [-0.05, 0) is 25.5 Å². The predicted molar refractivity (Wildman–Crippen MR) is 70.1 cm³/mol. The first kappa shape index (κ1) is 11.9. The minimum atomic E-state index is -0.687. The average Bonchev–Trinajstić information content (AvgIpc) is 2.69. The van der Waals surface area contributed by atoms with Crippen LogP contribution in [0.3, 0.4) is 0 Å². The Morgan fingerprint density at radius 3 is 2.88 bits per heavy atom. The number of hydrogen-bond acceptors (Lipinski definition) is 3. The second kappa shape index (κ2) is 4.75. The summed E-state index contributed by atoms with van der Waals surface area (Å²) in [5.41, 5.74) is 1.25. The molecule has 4 nitrogen and oxygen atoms in total. The highest BCUT2D eigenvalue weighted by Crippen LogP contribution is 2.16. The van der Waals surface area contributed by atoms with Crippen molar-refractivity contribution in [2.75, 3.05) is 11.9 Å². The molecule has 1 unspecified atom stereocenters. The first-order chi connectivity index (χ1) is 8.11. The van der Waals surface area contributed by atoms with Gasteiger partial charge in [0.25, 0.3) is 0 Å². The van der Waals surface area contributed by atoms with Gasteiger partial charge in [0.1, 0.15) is 0 Å². The number of nitrogens with one attached hydrogen (secondary N) is 2. The lowest BCUT2D eigenvalue weighted by atomic mass is 10.0. The molecule has 92 valence electrons. The number of aromatic amines is 1. The van der Waals surface area contributed by atoms with E-state index in [0.29, 0.717) is 12.5 Å². The van der Waals surface area contributed by atoms with Gasteiger partial charge in [-0.25, -0.2) is 4.98 Å². The van der Waals surface area contributed by atoms with Crippen LogP contribution in [-0.4, -0.2) is 27.2 Å². The quantitative estimate of drug-likeness (QED) is 0.743. The van der Waals surface area contributed by atoms with Crippen LogP contribution in [0.4, 0.5) is 5.95 Å². The second-order valence-corrected chi connectivity index (χ2v) is 4.70. The third kappa shape index (κ3) is 2.97. The zero-order valence-corrected chi connectivity index (χ0v) is 10.3. The third-order valence-corrected chi connectivity index (χ3v) is 2.81. The van der Waals surface area contributed by atoms with E-state index < -0.39 is 5.60 Å². The van der Waals surface area contributed by atoms with Crippen molar-refractivity contribution < 1.29 is 5.11 Å². The summed E-state index contributed by atoms with van der Waals surface area (Å²) in [5, 5.41) is 13.2. The van der Waals surface area contributed by atoms with Crippen molar-refractivity contribution in [3.8, 4) is 0 Å². The van der Waals surface area contributed by atoms with Gasteiger partial charge in [-0.2, -0.15) is 0 Å². The zero-order valence-electron chi connectivity index (χ0n) is 10.3. The molecule has 4 heteroatoms. The highest BCUT2D eigenvalue weighted by Gasteiger charge is 2.19. The van der Waals surface area contributed by atoms with Crippen LogP contribution >= 0.6 is 0 Å². The SMILES string of the molecule is CCCC(C)(O)CNc1nc2ccccc2[nH]1. The van der Waals surface area contributed by atoms with Gasteiger partial charge in [0.05, 0.1) is 16.6 Å². The predicted octanol–water partition coefficient (Wildman–Crippen LogP) is 2.53. The normalized spacial score (nSPS) is 14.8. The first-order valence-corrected chi connectivity index (χ1v) is 6.02. The monoisotopic (exact) mass is 233 g/mol. The Morgan fingerprint density at radius 2 is 2.18 bits per heavy atom. The van der Waals surface area contributed by atoms with Crippen LogP contribution in [-0.2, 0) is 0 Å². The number of rotatable bonds is 5. The minimum Gasteiger partial charge on any atom is -0.388 e. The third-order valence-electron chi connectivity index (χ3n) is 2.81. The molecule has 1 heterocycles. The number of aromatic nitrogens is 2. The Balaban J connectivity index is 2.04. The van der Waals surface area contributed by atoms with Crippen LogP contribution in [0.1, 0.15) is 26.7 Å². The number of hydrogen-bond donors (Lipinski definition) is 3. The summed E-state index contributed by atoms with van der Waals surface area (Å²) in [6, 6.07) is 7.87. The van der Waals surface area contributed by atoms with Gasteiger partial charge in [-0.1, -0.05) is 25.5 Å². The Kier molecular flexibility index (Phi) is 3.33. The van der Waals surface area contributed by atoms with Crippen molar-refractivity contribution in [2.24, 2.45) is 0 Å². The van der Waals surface area contributed by atoms with E-state index >= 15 is 0 Å². The van der Waals surface area contributed by atoms with Gasteiger partial charge >= 0.3 is 0 Å². The van der Waals surface area contributed by atoms with E-state index in [1.165, 1.54) is 0 Å². The molecule has 1 aromatic heterocycles. The topological polar surface area (TPSA) is 60.9 Å². The van der Waals surface area contributed by atoms with Gasteiger partial charge in [0.15, 0.2) is 0 Å². The summed E-state index contributed by atoms with van der Waals surface area (Å²) in [6.07, 6.45) is 1.75. The zero-order chi connectivity index (χ0) is 12.3. The van der Waals surface area contributed by atoms with Crippen molar-refractivity contribution in [1.82, 2.24) is 9.97 Å².